The summed E-state index contributed by atoms with van der Waals surface area (Å²) in [5.41, 5.74) is -2.86. The van der Waals surface area contributed by atoms with Gasteiger partial charge in [-0.3, -0.25) is 4.99 Å². The van der Waals surface area contributed by atoms with Gasteiger partial charge in [0.1, 0.15) is 5.75 Å². The van der Waals surface area contributed by atoms with E-state index >= 15 is 0 Å². The molecule has 0 fully saturated rings. The van der Waals surface area contributed by atoms with E-state index in [-0.39, 0.29) is 11.0 Å². The van der Waals surface area contributed by atoms with E-state index in [0.717, 1.165) is 0 Å². The van der Waals surface area contributed by atoms with E-state index in [2.05, 4.69) is 15.0 Å². The maximum absolute atomic E-state index is 12.9. The number of carbonyl (C=O) groups excluding carboxylic acids is 1. The Kier molecular flexibility index (Phi) is 6.32. The van der Waals surface area contributed by atoms with E-state index in [0.29, 0.717) is 28.1 Å². The second-order valence-electron chi connectivity index (χ2n) is 5.87. The van der Waals surface area contributed by atoms with Crippen molar-refractivity contribution in [2.45, 2.75) is 17.7 Å². The van der Waals surface area contributed by atoms with Crippen molar-refractivity contribution in [3.8, 4) is 5.75 Å². The summed E-state index contributed by atoms with van der Waals surface area (Å²) in [5.74, 6) is -0.131. The van der Waals surface area contributed by atoms with Gasteiger partial charge in [0, 0.05) is 27.6 Å². The third kappa shape index (κ3) is 5.50. The SMILES string of the molecule is C[C@@H]1CN=C(N(C(=O)Nc2cccc(Cl)c2)c2ccc(OC(F)(F)Cl)cc2)S1. The van der Waals surface area contributed by atoms with Crippen LogP contribution in [0.5, 0.6) is 5.75 Å². The molecule has 10 heteroatoms. The molecule has 0 saturated carbocycles. The number of benzene rings is 2. The first-order valence-corrected chi connectivity index (χ1v) is 9.78. The van der Waals surface area contributed by atoms with Crippen LogP contribution in [0.2, 0.25) is 5.02 Å². The van der Waals surface area contributed by atoms with Gasteiger partial charge in [-0.25, -0.2) is 9.69 Å². The first-order valence-electron chi connectivity index (χ1n) is 8.15. The molecular formula is C18H15Cl2F2N3O2S. The Balaban J connectivity index is 1.86. The maximum Gasteiger partial charge on any atom is 0.487 e. The highest BCUT2D eigenvalue weighted by Crippen LogP contribution is 2.31. The number of urea groups is 1. The van der Waals surface area contributed by atoms with Crippen LogP contribution in [-0.2, 0) is 0 Å². The number of alkyl halides is 3. The van der Waals surface area contributed by atoms with Crippen LogP contribution in [0.3, 0.4) is 0 Å². The number of hydrogen-bond acceptors (Lipinski definition) is 4. The van der Waals surface area contributed by atoms with Gasteiger partial charge in [-0.2, -0.15) is 0 Å². The highest BCUT2D eigenvalue weighted by atomic mass is 35.5. The number of amides is 2. The molecule has 1 heterocycles. The fourth-order valence-corrected chi connectivity index (χ4v) is 3.67. The number of hydrogen-bond donors (Lipinski definition) is 1. The monoisotopic (exact) mass is 445 g/mol. The molecule has 148 valence electrons. The number of ether oxygens (including phenoxy) is 1. The first-order chi connectivity index (χ1) is 13.2. The number of anilines is 2. The van der Waals surface area contributed by atoms with Crippen LogP contribution in [0.25, 0.3) is 0 Å². The lowest BCUT2D eigenvalue weighted by Gasteiger charge is -2.23. The molecule has 0 saturated heterocycles. The molecule has 0 unspecified atom stereocenters. The van der Waals surface area contributed by atoms with E-state index in [1.54, 1.807) is 24.3 Å². The molecule has 1 aliphatic rings. The van der Waals surface area contributed by atoms with Crippen molar-refractivity contribution in [2.24, 2.45) is 4.99 Å². The molecule has 2 aromatic carbocycles. The van der Waals surface area contributed by atoms with Crippen LogP contribution in [-0.4, -0.2) is 28.6 Å². The summed E-state index contributed by atoms with van der Waals surface area (Å²) in [6.45, 7) is 2.56. The molecule has 0 aromatic heterocycles. The van der Waals surface area contributed by atoms with Gasteiger partial charge in [-0.05, 0) is 42.5 Å². The zero-order valence-corrected chi connectivity index (χ0v) is 16.9. The molecule has 0 spiro atoms. The molecule has 5 nitrogen and oxygen atoms in total. The minimum Gasteiger partial charge on any atom is -0.420 e. The van der Waals surface area contributed by atoms with E-state index < -0.39 is 11.6 Å². The number of halogens is 4. The van der Waals surface area contributed by atoms with Crippen molar-refractivity contribution in [3.63, 3.8) is 0 Å². The largest absolute Gasteiger partial charge is 0.487 e. The van der Waals surface area contributed by atoms with Crippen LogP contribution in [0.15, 0.2) is 53.5 Å². The van der Waals surface area contributed by atoms with E-state index in [1.807, 2.05) is 6.92 Å². The van der Waals surface area contributed by atoms with Crippen molar-refractivity contribution < 1.29 is 18.3 Å². The fourth-order valence-electron chi connectivity index (χ4n) is 2.44. The number of aliphatic imine (C=N–C) groups is 1. The van der Waals surface area contributed by atoms with Gasteiger partial charge >= 0.3 is 11.6 Å². The predicted molar refractivity (Wildman–Crippen MR) is 110 cm³/mol. The van der Waals surface area contributed by atoms with Crippen LogP contribution in [0.4, 0.5) is 25.0 Å². The minimum absolute atomic E-state index is 0.131. The normalized spacial score (nSPS) is 16.5. The van der Waals surface area contributed by atoms with Crippen molar-refractivity contribution in [3.05, 3.63) is 53.6 Å². The summed E-state index contributed by atoms with van der Waals surface area (Å²) in [6.07, 6.45) is 0. The Hall–Kier alpha value is -2.03. The number of nitrogens with zero attached hydrogens (tertiary/aromatic N) is 2. The zero-order valence-electron chi connectivity index (χ0n) is 14.5. The van der Waals surface area contributed by atoms with Crippen molar-refractivity contribution in [2.75, 3.05) is 16.8 Å². The van der Waals surface area contributed by atoms with Crippen molar-refractivity contribution in [1.82, 2.24) is 0 Å². The molecule has 1 N–H and O–H groups in total. The van der Waals surface area contributed by atoms with Crippen LogP contribution >= 0.6 is 35.0 Å². The van der Waals surface area contributed by atoms with Gasteiger partial charge in [-0.1, -0.05) is 36.4 Å². The Labute approximate surface area is 174 Å². The predicted octanol–water partition coefficient (Wildman–Crippen LogP) is 6.04. The van der Waals surface area contributed by atoms with Crippen LogP contribution < -0.4 is 15.0 Å². The molecule has 2 aromatic rings. The topological polar surface area (TPSA) is 53.9 Å². The Morgan fingerprint density at radius 1 is 1.32 bits per heavy atom. The number of nitrogens with one attached hydrogen (secondary N) is 1. The molecule has 28 heavy (non-hydrogen) atoms. The molecule has 0 bridgehead atoms. The molecule has 1 aliphatic heterocycles. The van der Waals surface area contributed by atoms with Gasteiger partial charge in [-0.15, -0.1) is 8.78 Å². The summed E-state index contributed by atoms with van der Waals surface area (Å²) in [5, 5.41) is 3.96. The lowest BCUT2D eigenvalue weighted by Crippen LogP contribution is -2.38. The number of amidine groups is 1. The summed E-state index contributed by atoms with van der Waals surface area (Å²) in [7, 11) is 0. The second-order valence-corrected chi connectivity index (χ2v) is 8.15. The van der Waals surface area contributed by atoms with Gasteiger partial charge in [0.15, 0.2) is 5.17 Å². The lowest BCUT2D eigenvalue weighted by molar-refractivity contribution is -0.0964. The number of rotatable bonds is 4. The van der Waals surface area contributed by atoms with E-state index in [9.17, 15) is 13.6 Å². The fraction of sp³-hybridized carbons (Fsp3) is 0.222. The standard InChI is InChI=1S/C18H15Cl2F2N3O2S/c1-11-10-23-17(28-11)25(16(26)24-13-4-2-3-12(19)9-13)14-5-7-15(8-6-14)27-18(20,21)22/h2-9,11H,10H2,1H3,(H,24,26)/t11-/m1/s1. The third-order valence-corrected chi connectivity index (χ3v) is 4.98. The average molecular weight is 446 g/mol. The van der Waals surface area contributed by atoms with Gasteiger partial charge in [0.25, 0.3) is 0 Å². The quantitative estimate of drug-likeness (QED) is 0.583. The highest BCUT2D eigenvalue weighted by molar-refractivity contribution is 8.15. The second kappa shape index (κ2) is 8.55. The van der Waals surface area contributed by atoms with Gasteiger partial charge in [0.2, 0.25) is 0 Å². The summed E-state index contributed by atoms with van der Waals surface area (Å²) in [4.78, 5) is 18.7. The third-order valence-electron chi connectivity index (χ3n) is 3.59. The maximum atomic E-state index is 12.9. The van der Waals surface area contributed by atoms with Gasteiger partial charge < -0.3 is 10.1 Å². The number of thioether (sulfide) groups is 1. The van der Waals surface area contributed by atoms with Gasteiger partial charge in [0.05, 0.1) is 12.2 Å². The van der Waals surface area contributed by atoms with E-state index in [1.165, 1.54) is 40.9 Å². The molecule has 2 amide bonds. The minimum atomic E-state index is -3.81. The molecule has 0 aliphatic carbocycles. The highest BCUT2D eigenvalue weighted by Gasteiger charge is 2.29. The molecule has 0 radical (unpaired) electrons. The lowest BCUT2D eigenvalue weighted by atomic mass is 10.3. The van der Waals surface area contributed by atoms with Crippen LogP contribution in [0, 0.1) is 0 Å². The average Bonchev–Trinajstić information content (AvgIpc) is 3.01. The van der Waals surface area contributed by atoms with E-state index in [4.69, 9.17) is 23.2 Å². The molecular weight excluding hydrogens is 431 g/mol. The summed E-state index contributed by atoms with van der Waals surface area (Å²) >= 11 is 12.2. The summed E-state index contributed by atoms with van der Waals surface area (Å²) < 4.78 is 29.9. The van der Waals surface area contributed by atoms with Crippen molar-refractivity contribution >= 4 is 57.5 Å². The summed E-state index contributed by atoms with van der Waals surface area (Å²) in [6, 6.07) is 11.8. The molecule has 3 rings (SSSR count). The van der Waals surface area contributed by atoms with Crippen molar-refractivity contribution in [1.29, 1.82) is 0 Å². The Morgan fingerprint density at radius 3 is 2.61 bits per heavy atom. The smallest absolute Gasteiger partial charge is 0.420 e. The van der Waals surface area contributed by atoms with Crippen LogP contribution in [0.1, 0.15) is 6.92 Å². The zero-order chi connectivity index (χ0) is 20.3. The number of carbonyl (C=O) groups is 1. The first kappa shape index (κ1) is 20.7. The Bertz CT molecular complexity index is 891. The Morgan fingerprint density at radius 2 is 2.04 bits per heavy atom. The molecule has 1 atom stereocenters.